The molecule has 1 amide bonds. The lowest BCUT2D eigenvalue weighted by molar-refractivity contribution is -0.133. The van der Waals surface area contributed by atoms with Crippen LogP contribution in [0.25, 0.3) is 11.3 Å². The standard InChI is InChI=1S/C22H29N3O2/c26-22(25-11-5-2-6-12-25)14-18-9-10-23-16-19(18)13-20-15-21(27-24-20)17-7-3-1-4-8-17/h1,3-4,7-8,15,18-19,23H,2,5-6,9-14,16H2/t18-,19-/m0/s1. The van der Waals surface area contributed by atoms with Crippen molar-refractivity contribution in [3.05, 3.63) is 42.1 Å². The second-order valence-corrected chi connectivity index (χ2v) is 7.91. The van der Waals surface area contributed by atoms with Crippen molar-refractivity contribution in [3.8, 4) is 11.3 Å². The maximum Gasteiger partial charge on any atom is 0.222 e. The number of benzene rings is 1. The fourth-order valence-electron chi connectivity index (χ4n) is 4.40. The van der Waals surface area contributed by atoms with Crippen LogP contribution in [0, 0.1) is 11.8 Å². The first kappa shape index (κ1) is 18.2. The van der Waals surface area contributed by atoms with Gasteiger partial charge in [-0.2, -0.15) is 0 Å². The van der Waals surface area contributed by atoms with Crippen molar-refractivity contribution in [2.75, 3.05) is 26.2 Å². The first-order valence-corrected chi connectivity index (χ1v) is 10.3. The van der Waals surface area contributed by atoms with Gasteiger partial charge in [0.05, 0.1) is 5.69 Å². The second-order valence-electron chi connectivity index (χ2n) is 7.91. The molecule has 5 nitrogen and oxygen atoms in total. The van der Waals surface area contributed by atoms with Crippen molar-refractivity contribution >= 4 is 5.91 Å². The fourth-order valence-corrected chi connectivity index (χ4v) is 4.40. The van der Waals surface area contributed by atoms with Crippen molar-refractivity contribution < 1.29 is 9.32 Å². The molecule has 1 aromatic heterocycles. The molecule has 0 aliphatic carbocycles. The summed E-state index contributed by atoms with van der Waals surface area (Å²) in [7, 11) is 0. The van der Waals surface area contributed by atoms with Gasteiger partial charge in [0.15, 0.2) is 5.76 Å². The third-order valence-corrected chi connectivity index (χ3v) is 6.00. The number of likely N-dealkylation sites (tertiary alicyclic amines) is 1. The zero-order valence-electron chi connectivity index (χ0n) is 15.9. The van der Waals surface area contributed by atoms with Gasteiger partial charge in [-0.3, -0.25) is 4.79 Å². The minimum Gasteiger partial charge on any atom is -0.356 e. The zero-order valence-corrected chi connectivity index (χ0v) is 15.9. The maximum absolute atomic E-state index is 12.7. The van der Waals surface area contributed by atoms with Crippen molar-refractivity contribution in [2.24, 2.45) is 11.8 Å². The van der Waals surface area contributed by atoms with Gasteiger partial charge in [0.1, 0.15) is 0 Å². The molecule has 1 aromatic carbocycles. The minimum absolute atomic E-state index is 0.344. The van der Waals surface area contributed by atoms with Gasteiger partial charge in [-0.15, -0.1) is 0 Å². The summed E-state index contributed by atoms with van der Waals surface area (Å²) in [5.74, 6) is 2.02. The first-order chi connectivity index (χ1) is 13.3. The Morgan fingerprint density at radius 1 is 1.15 bits per heavy atom. The molecule has 0 bridgehead atoms. The number of rotatable bonds is 5. The van der Waals surface area contributed by atoms with E-state index >= 15 is 0 Å². The van der Waals surface area contributed by atoms with Gasteiger partial charge in [0.2, 0.25) is 5.91 Å². The average Bonchev–Trinajstić information content (AvgIpc) is 3.19. The quantitative estimate of drug-likeness (QED) is 0.879. The van der Waals surface area contributed by atoms with Crippen LogP contribution in [0.5, 0.6) is 0 Å². The molecular weight excluding hydrogens is 338 g/mol. The second kappa shape index (κ2) is 8.70. The Labute approximate surface area is 161 Å². The van der Waals surface area contributed by atoms with Crippen LogP contribution in [-0.4, -0.2) is 42.1 Å². The van der Waals surface area contributed by atoms with Crippen LogP contribution in [0.15, 0.2) is 40.9 Å². The Balaban J connectivity index is 1.39. The number of nitrogens with one attached hydrogen (secondary N) is 1. The summed E-state index contributed by atoms with van der Waals surface area (Å²) < 4.78 is 5.56. The Kier molecular flexibility index (Phi) is 5.87. The number of carbonyl (C=O) groups is 1. The number of carbonyl (C=O) groups excluding carboxylic acids is 1. The molecular formula is C22H29N3O2. The number of aromatic nitrogens is 1. The summed E-state index contributed by atoms with van der Waals surface area (Å²) in [5, 5.41) is 7.79. The summed E-state index contributed by atoms with van der Waals surface area (Å²) >= 11 is 0. The van der Waals surface area contributed by atoms with Gasteiger partial charge in [-0.1, -0.05) is 35.5 Å². The van der Waals surface area contributed by atoms with Crippen LogP contribution in [0.2, 0.25) is 0 Å². The molecule has 2 saturated heterocycles. The van der Waals surface area contributed by atoms with Gasteiger partial charge in [0.25, 0.3) is 0 Å². The van der Waals surface area contributed by atoms with E-state index in [2.05, 4.69) is 15.4 Å². The molecule has 0 spiro atoms. The number of amides is 1. The summed E-state index contributed by atoms with van der Waals surface area (Å²) in [6.07, 6.45) is 6.17. The van der Waals surface area contributed by atoms with Gasteiger partial charge in [0, 0.05) is 31.1 Å². The molecule has 3 heterocycles. The van der Waals surface area contributed by atoms with Crippen LogP contribution in [0.3, 0.4) is 0 Å². The zero-order chi connectivity index (χ0) is 18.5. The highest BCUT2D eigenvalue weighted by Crippen LogP contribution is 2.29. The summed E-state index contributed by atoms with van der Waals surface area (Å²) in [6, 6.07) is 12.1. The topological polar surface area (TPSA) is 58.4 Å². The predicted molar refractivity (Wildman–Crippen MR) is 105 cm³/mol. The summed E-state index contributed by atoms with van der Waals surface area (Å²) in [6.45, 7) is 3.84. The molecule has 4 rings (SSSR count). The van der Waals surface area contributed by atoms with Gasteiger partial charge in [-0.25, -0.2) is 0 Å². The maximum atomic E-state index is 12.7. The average molecular weight is 367 g/mol. The van der Waals surface area contributed by atoms with Crippen LogP contribution in [-0.2, 0) is 11.2 Å². The van der Waals surface area contributed by atoms with Crippen LogP contribution >= 0.6 is 0 Å². The Bertz CT molecular complexity index is 737. The number of hydrogen-bond acceptors (Lipinski definition) is 4. The third-order valence-electron chi connectivity index (χ3n) is 6.00. The van der Waals surface area contributed by atoms with E-state index < -0.39 is 0 Å². The SMILES string of the molecule is O=C(C[C@@H]1CCNC[C@@H]1Cc1cc(-c2ccccc2)on1)N1CCCCC1. The van der Waals surface area contributed by atoms with Crippen LogP contribution in [0.4, 0.5) is 0 Å². The van der Waals surface area contributed by atoms with E-state index in [1.807, 2.05) is 36.4 Å². The molecule has 27 heavy (non-hydrogen) atoms. The molecule has 144 valence electrons. The van der Waals surface area contributed by atoms with E-state index in [0.29, 0.717) is 24.2 Å². The number of hydrogen-bond donors (Lipinski definition) is 1. The Morgan fingerprint density at radius 2 is 1.96 bits per heavy atom. The molecule has 2 aliphatic heterocycles. The lowest BCUT2D eigenvalue weighted by Crippen LogP contribution is -2.42. The normalized spacial score (nSPS) is 23.3. The smallest absolute Gasteiger partial charge is 0.222 e. The third kappa shape index (κ3) is 4.59. The lowest BCUT2D eigenvalue weighted by Gasteiger charge is -2.34. The van der Waals surface area contributed by atoms with E-state index in [1.165, 1.54) is 6.42 Å². The first-order valence-electron chi connectivity index (χ1n) is 10.3. The van der Waals surface area contributed by atoms with Gasteiger partial charge >= 0.3 is 0 Å². The molecule has 0 unspecified atom stereocenters. The number of nitrogens with zero attached hydrogens (tertiary/aromatic N) is 2. The highest BCUT2D eigenvalue weighted by molar-refractivity contribution is 5.76. The molecule has 2 fully saturated rings. The Hall–Kier alpha value is -2.14. The van der Waals surface area contributed by atoms with Crippen LogP contribution < -0.4 is 5.32 Å². The number of piperidine rings is 2. The monoisotopic (exact) mass is 367 g/mol. The van der Waals surface area contributed by atoms with E-state index in [9.17, 15) is 4.79 Å². The molecule has 1 N–H and O–H groups in total. The molecule has 2 aromatic rings. The molecule has 0 radical (unpaired) electrons. The van der Waals surface area contributed by atoms with E-state index in [0.717, 1.165) is 68.9 Å². The van der Waals surface area contributed by atoms with Crippen LogP contribution in [0.1, 0.15) is 37.8 Å². The largest absolute Gasteiger partial charge is 0.356 e. The minimum atomic E-state index is 0.344. The van der Waals surface area contributed by atoms with Crippen molar-refractivity contribution in [1.29, 1.82) is 0 Å². The van der Waals surface area contributed by atoms with E-state index in [-0.39, 0.29) is 0 Å². The van der Waals surface area contributed by atoms with E-state index in [1.54, 1.807) is 0 Å². The summed E-state index contributed by atoms with van der Waals surface area (Å²) in [5.41, 5.74) is 2.04. The van der Waals surface area contributed by atoms with Crippen molar-refractivity contribution in [2.45, 2.75) is 38.5 Å². The molecule has 2 atom stereocenters. The van der Waals surface area contributed by atoms with Gasteiger partial charge in [-0.05, 0) is 57.0 Å². The van der Waals surface area contributed by atoms with E-state index in [4.69, 9.17) is 4.52 Å². The van der Waals surface area contributed by atoms with Crippen molar-refractivity contribution in [3.63, 3.8) is 0 Å². The predicted octanol–water partition coefficient (Wildman–Crippen LogP) is 3.51. The summed E-state index contributed by atoms with van der Waals surface area (Å²) in [4.78, 5) is 14.8. The highest BCUT2D eigenvalue weighted by Gasteiger charge is 2.30. The van der Waals surface area contributed by atoms with Gasteiger partial charge < -0.3 is 14.7 Å². The molecule has 0 saturated carbocycles. The molecule has 5 heteroatoms. The molecule has 2 aliphatic rings. The fraction of sp³-hybridized carbons (Fsp3) is 0.545. The lowest BCUT2D eigenvalue weighted by atomic mass is 9.81. The Morgan fingerprint density at radius 3 is 2.78 bits per heavy atom. The van der Waals surface area contributed by atoms with Crippen molar-refractivity contribution in [1.82, 2.24) is 15.4 Å². The highest BCUT2D eigenvalue weighted by atomic mass is 16.5.